The molecule has 7 nitrogen and oxygen atoms in total. The molecule has 158 valence electrons. The average Bonchev–Trinajstić information content (AvgIpc) is 2.69. The minimum absolute atomic E-state index is 0.246. The molecule has 0 amide bonds. The van der Waals surface area contributed by atoms with Gasteiger partial charge < -0.3 is 0 Å². The van der Waals surface area contributed by atoms with Gasteiger partial charge in [-0.1, -0.05) is 42.5 Å². The van der Waals surface area contributed by atoms with Crippen molar-refractivity contribution in [1.29, 1.82) is 0 Å². The number of hydrogen-bond acceptors (Lipinski definition) is 5. The first-order chi connectivity index (χ1) is 13.7. The van der Waals surface area contributed by atoms with Crippen LogP contribution >= 0.6 is 0 Å². The van der Waals surface area contributed by atoms with E-state index in [1.54, 1.807) is 12.1 Å². The zero-order chi connectivity index (χ0) is 20.9. The highest BCUT2D eigenvalue weighted by Crippen LogP contribution is 2.14. The Balaban J connectivity index is 1.51. The number of nitrogens with zero attached hydrogens (tertiary/aromatic N) is 2. The quantitative estimate of drug-likeness (QED) is 0.672. The van der Waals surface area contributed by atoms with Crippen molar-refractivity contribution in [2.45, 2.75) is 17.9 Å². The highest BCUT2D eigenvalue weighted by Gasteiger charge is 2.23. The molecule has 1 aliphatic rings. The highest BCUT2D eigenvalue weighted by atomic mass is 32.2. The van der Waals surface area contributed by atoms with Gasteiger partial charge in [0.05, 0.1) is 11.2 Å². The standard InChI is InChI=1S/C20H27N3O4S2/c1-28(24,25)23-15-13-22(14-16-23)17-19-7-9-20(10-8-19)29(26,27)21-12-11-18-5-3-2-4-6-18/h2-10,21H,11-17H2,1H3. The Hall–Kier alpha value is -1.78. The summed E-state index contributed by atoms with van der Waals surface area (Å²) >= 11 is 0. The lowest BCUT2D eigenvalue weighted by molar-refractivity contribution is 0.182. The summed E-state index contributed by atoms with van der Waals surface area (Å²) in [7, 11) is -6.68. The second-order valence-electron chi connectivity index (χ2n) is 7.22. The van der Waals surface area contributed by atoms with Gasteiger partial charge in [0, 0.05) is 39.3 Å². The third kappa shape index (κ3) is 6.35. The minimum Gasteiger partial charge on any atom is -0.296 e. The van der Waals surface area contributed by atoms with Gasteiger partial charge in [0.15, 0.2) is 0 Å². The van der Waals surface area contributed by atoms with E-state index in [4.69, 9.17) is 0 Å². The van der Waals surface area contributed by atoms with Crippen molar-refractivity contribution in [1.82, 2.24) is 13.9 Å². The molecule has 0 bridgehead atoms. The Bertz CT molecular complexity index is 999. The molecule has 1 fully saturated rings. The van der Waals surface area contributed by atoms with Gasteiger partial charge in [-0.15, -0.1) is 0 Å². The molecule has 0 spiro atoms. The maximum absolute atomic E-state index is 12.5. The van der Waals surface area contributed by atoms with Crippen molar-refractivity contribution < 1.29 is 16.8 Å². The normalized spacial score (nSPS) is 16.7. The highest BCUT2D eigenvalue weighted by molar-refractivity contribution is 7.89. The van der Waals surface area contributed by atoms with Gasteiger partial charge in [-0.2, -0.15) is 4.31 Å². The van der Waals surface area contributed by atoms with Gasteiger partial charge in [0.25, 0.3) is 0 Å². The fraction of sp³-hybridized carbons (Fsp3) is 0.400. The molecule has 3 rings (SSSR count). The molecule has 2 aromatic rings. The lowest BCUT2D eigenvalue weighted by Gasteiger charge is -2.33. The zero-order valence-corrected chi connectivity index (χ0v) is 18.1. The van der Waals surface area contributed by atoms with Crippen LogP contribution in [0.2, 0.25) is 0 Å². The average molecular weight is 438 g/mol. The van der Waals surface area contributed by atoms with Gasteiger partial charge in [0.1, 0.15) is 0 Å². The monoisotopic (exact) mass is 437 g/mol. The number of rotatable bonds is 8. The summed E-state index contributed by atoms with van der Waals surface area (Å²) in [4.78, 5) is 2.42. The molecular weight excluding hydrogens is 410 g/mol. The van der Waals surface area contributed by atoms with Crippen LogP contribution in [-0.4, -0.2) is 65.0 Å². The Labute approximate surface area is 173 Å². The van der Waals surface area contributed by atoms with Crippen LogP contribution in [-0.2, 0) is 33.0 Å². The molecule has 1 aliphatic heterocycles. The summed E-state index contributed by atoms with van der Waals surface area (Å²) in [5.41, 5.74) is 2.09. The molecule has 0 saturated carbocycles. The second kappa shape index (κ2) is 9.36. The van der Waals surface area contributed by atoms with Crippen molar-refractivity contribution in [3.8, 4) is 0 Å². The Morgan fingerprint density at radius 2 is 1.45 bits per heavy atom. The van der Waals surface area contributed by atoms with Crippen molar-refractivity contribution >= 4 is 20.0 Å². The lowest BCUT2D eigenvalue weighted by atomic mass is 10.2. The molecule has 0 unspecified atom stereocenters. The number of nitrogens with one attached hydrogen (secondary N) is 1. The Kier molecular flexibility index (Phi) is 7.07. The zero-order valence-electron chi connectivity index (χ0n) is 16.5. The largest absolute Gasteiger partial charge is 0.296 e. The predicted molar refractivity (Wildman–Crippen MR) is 113 cm³/mol. The first-order valence-corrected chi connectivity index (χ1v) is 12.9. The maximum Gasteiger partial charge on any atom is 0.240 e. The topological polar surface area (TPSA) is 86.8 Å². The van der Waals surface area contributed by atoms with Crippen molar-refractivity contribution in [2.75, 3.05) is 39.0 Å². The van der Waals surface area contributed by atoms with Crippen molar-refractivity contribution in [3.05, 3.63) is 65.7 Å². The summed E-state index contributed by atoms with van der Waals surface area (Å²) in [5.74, 6) is 0. The molecular formula is C20H27N3O4S2. The first kappa shape index (κ1) is 21.9. The van der Waals surface area contributed by atoms with Crippen molar-refractivity contribution in [2.24, 2.45) is 0 Å². The number of benzene rings is 2. The van der Waals surface area contributed by atoms with E-state index in [0.29, 0.717) is 45.7 Å². The summed E-state index contributed by atoms with van der Waals surface area (Å²) in [5, 5.41) is 0. The van der Waals surface area contributed by atoms with E-state index >= 15 is 0 Å². The van der Waals surface area contributed by atoms with Gasteiger partial charge >= 0.3 is 0 Å². The van der Waals surface area contributed by atoms with Gasteiger partial charge in [-0.05, 0) is 29.7 Å². The number of sulfonamides is 2. The van der Waals surface area contributed by atoms with E-state index < -0.39 is 20.0 Å². The van der Waals surface area contributed by atoms with Gasteiger partial charge in [-0.3, -0.25) is 4.90 Å². The van der Waals surface area contributed by atoms with Crippen molar-refractivity contribution in [3.63, 3.8) is 0 Å². The van der Waals surface area contributed by atoms with Gasteiger partial charge in [-0.25, -0.2) is 21.6 Å². The van der Waals surface area contributed by atoms with E-state index in [1.165, 1.54) is 10.6 Å². The van der Waals surface area contributed by atoms with Crippen LogP contribution in [0.15, 0.2) is 59.5 Å². The summed E-state index contributed by atoms with van der Waals surface area (Å²) in [6, 6.07) is 16.6. The molecule has 0 aromatic heterocycles. The minimum atomic E-state index is -3.54. The molecule has 0 radical (unpaired) electrons. The molecule has 0 aliphatic carbocycles. The van der Waals surface area contributed by atoms with Crippen LogP contribution in [0.25, 0.3) is 0 Å². The van der Waals surface area contributed by atoms with E-state index in [9.17, 15) is 16.8 Å². The summed E-state index contributed by atoms with van der Waals surface area (Å²) in [6.07, 6.45) is 1.87. The third-order valence-electron chi connectivity index (χ3n) is 4.99. The molecule has 0 atom stereocenters. The molecule has 1 N–H and O–H groups in total. The molecule has 29 heavy (non-hydrogen) atoms. The fourth-order valence-electron chi connectivity index (χ4n) is 3.31. The van der Waals surface area contributed by atoms with E-state index in [-0.39, 0.29) is 4.90 Å². The van der Waals surface area contributed by atoms with Gasteiger partial charge in [0.2, 0.25) is 20.0 Å². The predicted octanol–water partition coefficient (Wildman–Crippen LogP) is 1.28. The second-order valence-corrected chi connectivity index (χ2v) is 11.0. The summed E-state index contributed by atoms with van der Waals surface area (Å²) in [6.45, 7) is 3.30. The smallest absolute Gasteiger partial charge is 0.240 e. The number of hydrogen-bond donors (Lipinski definition) is 1. The SMILES string of the molecule is CS(=O)(=O)N1CCN(Cc2ccc(S(=O)(=O)NCCc3ccccc3)cc2)CC1. The Morgan fingerprint density at radius 1 is 0.828 bits per heavy atom. The van der Waals surface area contributed by atoms with E-state index in [2.05, 4.69) is 9.62 Å². The lowest BCUT2D eigenvalue weighted by Crippen LogP contribution is -2.47. The summed E-state index contributed by atoms with van der Waals surface area (Å²) < 4.78 is 52.2. The molecule has 9 heteroatoms. The molecule has 2 aromatic carbocycles. The molecule has 1 heterocycles. The number of piperazine rings is 1. The Morgan fingerprint density at radius 3 is 2.03 bits per heavy atom. The van der Waals surface area contributed by atoms with Crippen LogP contribution in [0.4, 0.5) is 0 Å². The van der Waals surface area contributed by atoms with E-state index in [1.807, 2.05) is 42.5 Å². The third-order valence-corrected chi connectivity index (χ3v) is 7.77. The van der Waals surface area contributed by atoms with Crippen LogP contribution in [0.5, 0.6) is 0 Å². The molecule has 1 saturated heterocycles. The van der Waals surface area contributed by atoms with Crippen LogP contribution < -0.4 is 4.72 Å². The van der Waals surface area contributed by atoms with Crippen LogP contribution in [0.1, 0.15) is 11.1 Å². The first-order valence-electron chi connectivity index (χ1n) is 9.54. The van der Waals surface area contributed by atoms with E-state index in [0.717, 1.165) is 11.1 Å². The fourth-order valence-corrected chi connectivity index (χ4v) is 5.17. The van der Waals surface area contributed by atoms with Crippen LogP contribution in [0.3, 0.4) is 0 Å². The van der Waals surface area contributed by atoms with Crippen LogP contribution in [0, 0.1) is 0 Å². The maximum atomic E-state index is 12.5.